The zero-order valence-corrected chi connectivity index (χ0v) is 15.1. The summed E-state index contributed by atoms with van der Waals surface area (Å²) >= 11 is 0. The molecule has 0 fully saturated rings. The van der Waals surface area contributed by atoms with E-state index >= 15 is 0 Å². The molecular weight excluding hydrogens is 358 g/mol. The molecule has 0 aromatic heterocycles. The van der Waals surface area contributed by atoms with Gasteiger partial charge in [-0.3, -0.25) is 0 Å². The number of aromatic hydroxyl groups is 1. The van der Waals surface area contributed by atoms with Crippen molar-refractivity contribution in [1.82, 2.24) is 4.72 Å². The van der Waals surface area contributed by atoms with Crippen LogP contribution in [-0.4, -0.2) is 30.6 Å². The Hall–Kier alpha value is -2.78. The van der Waals surface area contributed by atoms with Gasteiger partial charge in [0.25, 0.3) is 0 Å². The maximum Gasteiger partial charge on any atom is 0.339 e. The van der Waals surface area contributed by atoms with Crippen LogP contribution in [0.25, 0.3) is 0 Å². The van der Waals surface area contributed by atoms with Gasteiger partial charge in [0, 0.05) is 12.1 Å². The Balaban J connectivity index is 2.15. The first-order valence-electron chi connectivity index (χ1n) is 7.83. The number of nitrogens with one attached hydrogen (secondary N) is 1. The lowest BCUT2D eigenvalue weighted by atomic mass is 10.2. The maximum atomic E-state index is 12.2. The second kappa shape index (κ2) is 8.07. The molecule has 0 amide bonds. The zero-order valence-electron chi connectivity index (χ0n) is 14.2. The molecule has 0 bridgehead atoms. The van der Waals surface area contributed by atoms with Gasteiger partial charge < -0.3 is 10.2 Å². The van der Waals surface area contributed by atoms with Crippen molar-refractivity contribution in [3.05, 3.63) is 48.0 Å². The van der Waals surface area contributed by atoms with Gasteiger partial charge in [-0.05, 0) is 49.7 Å². The van der Waals surface area contributed by atoms with Crippen molar-refractivity contribution in [3.8, 4) is 5.75 Å². The molecule has 8 nitrogen and oxygen atoms in total. The molecule has 0 radical (unpaired) electrons. The summed E-state index contributed by atoms with van der Waals surface area (Å²) in [5.74, 6) is -1.65. The molecule has 2 aromatic carbocycles. The minimum atomic E-state index is -3.58. The van der Waals surface area contributed by atoms with Gasteiger partial charge in [0.1, 0.15) is 11.3 Å². The number of sulfonamides is 1. The minimum absolute atomic E-state index is 0.125. The standard InChI is InChI=1S/C17H19N3O5S/c1-3-11(2)20-26(24,25)14-7-4-12(5-8-14)18-19-13-6-9-15(17(22)23)16(21)10-13/h4-11,20-21H,3H2,1-2H3,(H,22,23)/b19-18+. The Bertz CT molecular complexity index is 924. The van der Waals surface area contributed by atoms with Crippen LogP contribution in [0.15, 0.2) is 57.6 Å². The molecule has 1 atom stereocenters. The van der Waals surface area contributed by atoms with Crippen molar-refractivity contribution < 1.29 is 23.4 Å². The number of azo groups is 1. The highest BCUT2D eigenvalue weighted by molar-refractivity contribution is 7.89. The monoisotopic (exact) mass is 377 g/mol. The third kappa shape index (κ3) is 4.87. The van der Waals surface area contributed by atoms with Crippen molar-refractivity contribution in [2.24, 2.45) is 10.2 Å². The fourth-order valence-corrected chi connectivity index (χ4v) is 3.31. The van der Waals surface area contributed by atoms with Gasteiger partial charge in [0.05, 0.1) is 16.3 Å². The summed E-state index contributed by atoms with van der Waals surface area (Å²) in [5.41, 5.74) is 0.448. The van der Waals surface area contributed by atoms with Crippen molar-refractivity contribution in [3.63, 3.8) is 0 Å². The van der Waals surface area contributed by atoms with Gasteiger partial charge in [0.2, 0.25) is 10.0 Å². The average molecular weight is 377 g/mol. The number of carbonyl (C=O) groups is 1. The third-order valence-corrected chi connectivity index (χ3v) is 5.21. The average Bonchev–Trinajstić information content (AvgIpc) is 2.59. The lowest BCUT2D eigenvalue weighted by molar-refractivity contribution is 0.0693. The molecule has 0 saturated carbocycles. The van der Waals surface area contributed by atoms with E-state index in [4.69, 9.17) is 5.11 Å². The molecule has 0 aliphatic heterocycles. The number of aromatic carboxylic acids is 1. The lowest BCUT2D eigenvalue weighted by Gasteiger charge is -2.11. The summed E-state index contributed by atoms with van der Waals surface area (Å²) in [6.45, 7) is 3.67. The quantitative estimate of drug-likeness (QED) is 0.635. The predicted molar refractivity (Wildman–Crippen MR) is 95.8 cm³/mol. The van der Waals surface area contributed by atoms with Crippen LogP contribution in [0.3, 0.4) is 0 Å². The Morgan fingerprint density at radius 2 is 1.69 bits per heavy atom. The molecule has 1 unspecified atom stereocenters. The molecule has 0 saturated heterocycles. The maximum absolute atomic E-state index is 12.2. The molecular formula is C17H19N3O5S. The Morgan fingerprint density at radius 3 is 2.23 bits per heavy atom. The molecule has 0 aliphatic carbocycles. The van der Waals surface area contributed by atoms with Crippen LogP contribution in [0.5, 0.6) is 5.75 Å². The third-order valence-electron chi connectivity index (χ3n) is 3.61. The summed E-state index contributed by atoms with van der Waals surface area (Å²) < 4.78 is 26.9. The molecule has 0 spiro atoms. The number of carboxylic acid groups (broad SMARTS) is 1. The summed E-state index contributed by atoms with van der Waals surface area (Å²) in [7, 11) is -3.58. The topological polar surface area (TPSA) is 128 Å². The van der Waals surface area contributed by atoms with E-state index in [1.807, 2.05) is 6.92 Å². The fraction of sp³-hybridized carbons (Fsp3) is 0.235. The van der Waals surface area contributed by atoms with Gasteiger partial charge in [-0.25, -0.2) is 17.9 Å². The van der Waals surface area contributed by atoms with E-state index in [2.05, 4.69) is 15.0 Å². The summed E-state index contributed by atoms with van der Waals surface area (Å²) in [4.78, 5) is 11.0. The number of benzene rings is 2. The highest BCUT2D eigenvalue weighted by Gasteiger charge is 2.16. The number of phenols is 1. The smallest absolute Gasteiger partial charge is 0.339 e. The Morgan fingerprint density at radius 1 is 1.12 bits per heavy atom. The highest BCUT2D eigenvalue weighted by Crippen LogP contribution is 2.26. The van der Waals surface area contributed by atoms with Crippen LogP contribution in [-0.2, 0) is 10.0 Å². The lowest BCUT2D eigenvalue weighted by Crippen LogP contribution is -2.31. The van der Waals surface area contributed by atoms with Gasteiger partial charge in [-0.2, -0.15) is 10.2 Å². The van der Waals surface area contributed by atoms with Crippen molar-refractivity contribution in [1.29, 1.82) is 0 Å². The molecule has 0 aliphatic rings. The second-order valence-electron chi connectivity index (χ2n) is 5.63. The number of rotatable bonds is 7. The zero-order chi connectivity index (χ0) is 19.3. The largest absolute Gasteiger partial charge is 0.507 e. The van der Waals surface area contributed by atoms with Crippen molar-refractivity contribution in [2.45, 2.75) is 31.2 Å². The van der Waals surface area contributed by atoms with Gasteiger partial charge in [0.15, 0.2) is 0 Å². The van der Waals surface area contributed by atoms with Crippen molar-refractivity contribution >= 4 is 27.4 Å². The van der Waals surface area contributed by atoms with E-state index in [0.29, 0.717) is 12.1 Å². The molecule has 2 aromatic rings. The summed E-state index contributed by atoms with van der Waals surface area (Å²) in [5, 5.41) is 26.3. The first-order chi connectivity index (χ1) is 12.2. The van der Waals surface area contributed by atoms with Gasteiger partial charge >= 0.3 is 5.97 Å². The van der Waals surface area contributed by atoms with Crippen molar-refractivity contribution in [2.75, 3.05) is 0 Å². The van der Waals surface area contributed by atoms with Crippen LogP contribution in [0.1, 0.15) is 30.6 Å². The van der Waals surface area contributed by atoms with Crippen LogP contribution in [0, 0.1) is 0 Å². The van der Waals surface area contributed by atoms with E-state index < -0.39 is 21.7 Å². The predicted octanol–water partition coefficient (Wildman–Crippen LogP) is 3.58. The van der Waals surface area contributed by atoms with E-state index in [9.17, 15) is 18.3 Å². The van der Waals surface area contributed by atoms with E-state index in [1.165, 1.54) is 42.5 Å². The van der Waals surface area contributed by atoms with Crippen LogP contribution < -0.4 is 4.72 Å². The number of hydrogen-bond donors (Lipinski definition) is 3. The first kappa shape index (κ1) is 19.5. The molecule has 2 rings (SSSR count). The molecule has 0 heterocycles. The Kier molecular flexibility index (Phi) is 6.06. The normalized spacial score (nSPS) is 13.0. The van der Waals surface area contributed by atoms with Crippen LogP contribution in [0.2, 0.25) is 0 Å². The van der Waals surface area contributed by atoms with Crippen LogP contribution in [0.4, 0.5) is 11.4 Å². The number of nitrogens with zero attached hydrogens (tertiary/aromatic N) is 2. The van der Waals surface area contributed by atoms with Crippen LogP contribution >= 0.6 is 0 Å². The van der Waals surface area contributed by atoms with E-state index in [0.717, 1.165) is 0 Å². The fourth-order valence-electron chi connectivity index (χ4n) is 1.99. The minimum Gasteiger partial charge on any atom is -0.507 e. The first-order valence-corrected chi connectivity index (χ1v) is 9.31. The van der Waals surface area contributed by atoms with E-state index in [-0.39, 0.29) is 22.2 Å². The molecule has 9 heteroatoms. The molecule has 26 heavy (non-hydrogen) atoms. The second-order valence-corrected chi connectivity index (χ2v) is 7.35. The molecule has 3 N–H and O–H groups in total. The summed E-state index contributed by atoms with van der Waals surface area (Å²) in [6, 6.07) is 9.49. The molecule has 138 valence electrons. The SMILES string of the molecule is CCC(C)NS(=O)(=O)c1ccc(/N=N/c2ccc(C(=O)O)c(O)c2)cc1. The van der Waals surface area contributed by atoms with Gasteiger partial charge in [-0.1, -0.05) is 6.92 Å². The Labute approximate surface area is 151 Å². The van der Waals surface area contributed by atoms with Gasteiger partial charge in [-0.15, -0.1) is 0 Å². The number of hydrogen-bond acceptors (Lipinski definition) is 6. The summed E-state index contributed by atoms with van der Waals surface area (Å²) in [6.07, 6.45) is 0.680. The van der Waals surface area contributed by atoms with E-state index in [1.54, 1.807) is 6.92 Å². The highest BCUT2D eigenvalue weighted by atomic mass is 32.2. The number of carboxylic acids is 1.